The van der Waals surface area contributed by atoms with Crippen LogP contribution in [-0.2, 0) is 9.59 Å². The maximum absolute atomic E-state index is 12.5. The molecule has 6 heteroatoms. The van der Waals surface area contributed by atoms with Gasteiger partial charge in [-0.3, -0.25) is 9.59 Å². The molecule has 0 spiro atoms. The van der Waals surface area contributed by atoms with E-state index < -0.39 is 11.6 Å². The van der Waals surface area contributed by atoms with Crippen molar-refractivity contribution in [2.75, 3.05) is 11.4 Å². The van der Waals surface area contributed by atoms with E-state index in [9.17, 15) is 9.59 Å². The molecular formula is C16H22ClN3O2. The molecule has 2 amide bonds. The Morgan fingerprint density at radius 2 is 2.27 bits per heavy atom. The van der Waals surface area contributed by atoms with Crippen molar-refractivity contribution in [3.63, 3.8) is 0 Å². The van der Waals surface area contributed by atoms with Gasteiger partial charge in [-0.15, -0.1) is 0 Å². The maximum Gasteiger partial charge on any atom is 0.249 e. The van der Waals surface area contributed by atoms with Gasteiger partial charge in [0, 0.05) is 17.3 Å². The summed E-state index contributed by atoms with van der Waals surface area (Å²) < 4.78 is 0. The van der Waals surface area contributed by atoms with Crippen LogP contribution in [0.3, 0.4) is 0 Å². The lowest BCUT2D eigenvalue weighted by atomic mass is 9.96. The summed E-state index contributed by atoms with van der Waals surface area (Å²) >= 11 is 5.96. The van der Waals surface area contributed by atoms with Crippen LogP contribution in [0.15, 0.2) is 24.3 Å². The van der Waals surface area contributed by atoms with Crippen molar-refractivity contribution < 1.29 is 9.59 Å². The van der Waals surface area contributed by atoms with Gasteiger partial charge in [0.15, 0.2) is 0 Å². The van der Waals surface area contributed by atoms with Crippen molar-refractivity contribution >= 4 is 29.1 Å². The predicted octanol–water partition coefficient (Wildman–Crippen LogP) is 2.08. The lowest BCUT2D eigenvalue weighted by Gasteiger charge is -2.25. The lowest BCUT2D eigenvalue weighted by Crippen LogP contribution is -2.55. The molecule has 0 aromatic heterocycles. The largest absolute Gasteiger partial charge is 0.343 e. The van der Waals surface area contributed by atoms with Crippen LogP contribution in [0.4, 0.5) is 5.69 Å². The smallest absolute Gasteiger partial charge is 0.249 e. The quantitative estimate of drug-likeness (QED) is 0.871. The number of hydrogen-bond acceptors (Lipinski definition) is 3. The summed E-state index contributed by atoms with van der Waals surface area (Å²) in [5, 5.41) is 3.36. The van der Waals surface area contributed by atoms with Gasteiger partial charge >= 0.3 is 0 Å². The van der Waals surface area contributed by atoms with Crippen LogP contribution in [-0.4, -0.2) is 29.9 Å². The second-order valence-electron chi connectivity index (χ2n) is 5.95. The number of anilines is 1. The van der Waals surface area contributed by atoms with Gasteiger partial charge in [0.1, 0.15) is 6.04 Å². The number of halogens is 1. The van der Waals surface area contributed by atoms with Gasteiger partial charge in [-0.1, -0.05) is 31.0 Å². The van der Waals surface area contributed by atoms with E-state index in [0.717, 1.165) is 12.1 Å². The Hall–Kier alpha value is -1.59. The minimum absolute atomic E-state index is 0.122. The lowest BCUT2D eigenvalue weighted by molar-refractivity contribution is -0.130. The highest BCUT2D eigenvalue weighted by Gasteiger charge is 2.37. The van der Waals surface area contributed by atoms with Crippen molar-refractivity contribution in [3.8, 4) is 0 Å². The van der Waals surface area contributed by atoms with Crippen molar-refractivity contribution in [2.45, 2.75) is 44.7 Å². The van der Waals surface area contributed by atoms with Gasteiger partial charge in [0.2, 0.25) is 11.8 Å². The molecule has 1 aliphatic heterocycles. The van der Waals surface area contributed by atoms with Crippen LogP contribution < -0.4 is 16.0 Å². The first-order valence-electron chi connectivity index (χ1n) is 7.52. The number of nitrogens with zero attached hydrogens (tertiary/aromatic N) is 1. The van der Waals surface area contributed by atoms with Crippen molar-refractivity contribution in [1.29, 1.82) is 0 Å². The zero-order valence-electron chi connectivity index (χ0n) is 12.9. The zero-order valence-corrected chi connectivity index (χ0v) is 13.7. The second-order valence-corrected chi connectivity index (χ2v) is 6.39. The normalized spacial score (nSPS) is 20.8. The molecule has 2 atom stereocenters. The van der Waals surface area contributed by atoms with Gasteiger partial charge in [-0.25, -0.2) is 0 Å². The van der Waals surface area contributed by atoms with E-state index in [1.165, 1.54) is 0 Å². The van der Waals surface area contributed by atoms with E-state index in [-0.39, 0.29) is 11.8 Å². The van der Waals surface area contributed by atoms with Crippen LogP contribution in [0, 0.1) is 0 Å². The van der Waals surface area contributed by atoms with Crippen molar-refractivity contribution in [3.05, 3.63) is 29.3 Å². The Morgan fingerprint density at radius 3 is 2.91 bits per heavy atom. The average molecular weight is 324 g/mol. The summed E-state index contributed by atoms with van der Waals surface area (Å²) in [7, 11) is 0. The van der Waals surface area contributed by atoms with Crippen LogP contribution in [0.5, 0.6) is 0 Å². The zero-order chi connectivity index (χ0) is 16.3. The monoisotopic (exact) mass is 323 g/mol. The van der Waals surface area contributed by atoms with Crippen LogP contribution in [0.2, 0.25) is 5.02 Å². The predicted molar refractivity (Wildman–Crippen MR) is 87.9 cm³/mol. The summed E-state index contributed by atoms with van der Waals surface area (Å²) in [6.45, 7) is 4.22. The van der Waals surface area contributed by atoms with E-state index >= 15 is 0 Å². The third kappa shape index (κ3) is 3.59. The number of nitrogens with one attached hydrogen (secondary N) is 1. The molecule has 22 heavy (non-hydrogen) atoms. The Bertz CT molecular complexity index is 574. The average Bonchev–Trinajstić information content (AvgIpc) is 2.80. The molecule has 1 aromatic carbocycles. The van der Waals surface area contributed by atoms with Crippen molar-refractivity contribution in [2.24, 2.45) is 5.73 Å². The topological polar surface area (TPSA) is 75.4 Å². The Labute approximate surface area is 135 Å². The highest BCUT2D eigenvalue weighted by atomic mass is 35.5. The van der Waals surface area contributed by atoms with Crippen LogP contribution in [0.25, 0.3) is 0 Å². The minimum atomic E-state index is -0.946. The molecule has 0 radical (unpaired) electrons. The fourth-order valence-electron chi connectivity index (χ4n) is 2.67. The molecule has 5 nitrogen and oxygen atoms in total. The Balaban J connectivity index is 2.04. The molecule has 2 unspecified atom stereocenters. The van der Waals surface area contributed by atoms with Gasteiger partial charge in [0.05, 0.1) is 5.54 Å². The first kappa shape index (κ1) is 16.8. The van der Waals surface area contributed by atoms with E-state index in [4.69, 9.17) is 17.3 Å². The molecular weight excluding hydrogens is 302 g/mol. The van der Waals surface area contributed by atoms with E-state index in [1.807, 2.05) is 13.0 Å². The third-order valence-electron chi connectivity index (χ3n) is 3.92. The maximum atomic E-state index is 12.5. The molecule has 1 fully saturated rings. The molecule has 3 N–H and O–H groups in total. The van der Waals surface area contributed by atoms with Crippen LogP contribution in [0.1, 0.15) is 33.1 Å². The highest BCUT2D eigenvalue weighted by Crippen LogP contribution is 2.24. The molecule has 1 heterocycles. The summed E-state index contributed by atoms with van der Waals surface area (Å²) in [6, 6.07) is 6.61. The molecule has 0 bridgehead atoms. The fourth-order valence-corrected chi connectivity index (χ4v) is 2.85. The molecule has 2 rings (SSSR count). The number of hydrogen-bond donors (Lipinski definition) is 2. The molecule has 1 saturated heterocycles. The number of nitrogens with two attached hydrogens (primary N) is 1. The summed E-state index contributed by atoms with van der Waals surface area (Å²) in [5.74, 6) is -0.399. The van der Waals surface area contributed by atoms with Gasteiger partial charge in [-0.05, 0) is 38.0 Å². The Morgan fingerprint density at radius 1 is 1.55 bits per heavy atom. The summed E-state index contributed by atoms with van der Waals surface area (Å²) in [4.78, 5) is 26.3. The SMILES string of the molecule is CCCC(C)(N)C(=O)NC1CCN(c2cccc(Cl)c2)C1=O. The van der Waals surface area contributed by atoms with Crippen molar-refractivity contribution in [1.82, 2.24) is 5.32 Å². The molecule has 120 valence electrons. The number of rotatable bonds is 5. The number of carbonyl (C=O) groups excluding carboxylic acids is 2. The van der Waals surface area contributed by atoms with E-state index in [1.54, 1.807) is 30.0 Å². The summed E-state index contributed by atoms with van der Waals surface area (Å²) in [6.07, 6.45) is 1.96. The number of carbonyl (C=O) groups is 2. The van der Waals surface area contributed by atoms with E-state index in [0.29, 0.717) is 24.4 Å². The van der Waals surface area contributed by atoms with Gasteiger partial charge < -0.3 is 16.0 Å². The van der Waals surface area contributed by atoms with Crippen LogP contribution >= 0.6 is 11.6 Å². The molecule has 0 saturated carbocycles. The second kappa shape index (κ2) is 6.67. The standard InChI is InChI=1S/C16H22ClN3O2/c1-3-8-16(2,18)15(22)19-13-7-9-20(14(13)21)12-6-4-5-11(17)10-12/h4-6,10,13H,3,7-9,18H2,1-2H3,(H,19,22). The van der Waals surface area contributed by atoms with Gasteiger partial charge in [-0.2, -0.15) is 0 Å². The Kier molecular flexibility index (Phi) is 5.08. The summed E-state index contributed by atoms with van der Waals surface area (Å²) in [5.41, 5.74) is 5.81. The third-order valence-corrected chi connectivity index (χ3v) is 4.15. The number of amides is 2. The molecule has 1 aliphatic rings. The van der Waals surface area contributed by atoms with E-state index in [2.05, 4.69) is 5.32 Å². The first-order chi connectivity index (χ1) is 10.3. The number of benzene rings is 1. The minimum Gasteiger partial charge on any atom is -0.343 e. The highest BCUT2D eigenvalue weighted by molar-refractivity contribution is 6.31. The van der Waals surface area contributed by atoms with Gasteiger partial charge in [0.25, 0.3) is 0 Å². The molecule has 0 aliphatic carbocycles. The molecule has 1 aromatic rings. The fraction of sp³-hybridized carbons (Fsp3) is 0.500. The first-order valence-corrected chi connectivity index (χ1v) is 7.89.